The first kappa shape index (κ1) is 33.6. The molecule has 0 N–H and O–H groups in total. The van der Waals surface area contributed by atoms with Gasteiger partial charge in [0.2, 0.25) is 0 Å². The van der Waals surface area contributed by atoms with Crippen molar-refractivity contribution in [2.45, 2.75) is 175 Å². The molecule has 4 nitrogen and oxygen atoms in total. The molecular formula is C38H64O4. The molecule has 4 rings (SSSR count). The topological polar surface area (TPSA) is 52.6 Å². The van der Waals surface area contributed by atoms with E-state index in [0.717, 1.165) is 38.5 Å². The van der Waals surface area contributed by atoms with Crippen molar-refractivity contribution in [3.63, 3.8) is 0 Å². The highest BCUT2D eigenvalue weighted by atomic mass is 16.5. The van der Waals surface area contributed by atoms with Crippen molar-refractivity contribution in [3.05, 3.63) is 12.2 Å². The summed E-state index contributed by atoms with van der Waals surface area (Å²) in [6.45, 7) is 13.7. The Morgan fingerprint density at radius 1 is 0.857 bits per heavy atom. The lowest BCUT2D eigenvalue weighted by molar-refractivity contribution is -0.220. The number of allylic oxidation sites excluding steroid dienone is 1. The van der Waals surface area contributed by atoms with E-state index >= 15 is 0 Å². The molecule has 7 atom stereocenters. The van der Waals surface area contributed by atoms with E-state index < -0.39 is 0 Å². The van der Waals surface area contributed by atoms with Gasteiger partial charge in [-0.1, -0.05) is 116 Å². The highest BCUT2D eigenvalue weighted by Crippen LogP contribution is 2.72. The van der Waals surface area contributed by atoms with Crippen LogP contribution in [0.5, 0.6) is 0 Å². The lowest BCUT2D eigenvalue weighted by atomic mass is 9.40. The van der Waals surface area contributed by atoms with Crippen LogP contribution in [0.2, 0.25) is 0 Å². The first-order valence-electron chi connectivity index (χ1n) is 18.1. The van der Waals surface area contributed by atoms with Crippen molar-refractivity contribution >= 4 is 11.9 Å². The predicted molar refractivity (Wildman–Crippen MR) is 172 cm³/mol. The van der Waals surface area contributed by atoms with Crippen LogP contribution in [0.15, 0.2) is 12.2 Å². The quantitative estimate of drug-likeness (QED) is 0.0969. The molecule has 0 amide bonds. The molecule has 240 valence electrons. The molecule has 0 saturated heterocycles. The summed E-state index contributed by atoms with van der Waals surface area (Å²) in [6, 6.07) is 0. The van der Waals surface area contributed by atoms with Gasteiger partial charge in [-0.2, -0.15) is 0 Å². The molecule has 0 aromatic heterocycles. The monoisotopic (exact) mass is 584 g/mol. The normalized spacial score (nSPS) is 35.4. The first-order chi connectivity index (χ1) is 20.1. The number of hydrogen-bond acceptors (Lipinski definition) is 4. The van der Waals surface area contributed by atoms with Gasteiger partial charge < -0.3 is 9.47 Å². The van der Waals surface area contributed by atoms with Gasteiger partial charge in [-0.25, -0.2) is 0 Å². The van der Waals surface area contributed by atoms with Gasteiger partial charge in [-0.05, 0) is 74.5 Å². The molecule has 1 spiro atoms. The summed E-state index contributed by atoms with van der Waals surface area (Å²) in [6.07, 6.45) is 26.5. The molecule has 0 aromatic rings. The zero-order valence-electron chi connectivity index (χ0n) is 27.9. The lowest BCUT2D eigenvalue weighted by Crippen LogP contribution is -2.62. The molecule has 0 heterocycles. The lowest BCUT2D eigenvalue weighted by Gasteiger charge is -2.65. The Morgan fingerprint density at radius 2 is 1.48 bits per heavy atom. The average Bonchev–Trinajstić information content (AvgIpc) is 3.19. The van der Waals surface area contributed by atoms with E-state index in [-0.39, 0.29) is 34.3 Å². The molecule has 0 radical (unpaired) electrons. The SMILES string of the molecule is C=C1C[C@]23C[C@H]1CC[C@H]2[C@]1(C)CCC[C@@](C)(COC(=O)CCCCCCCCCCCCCCC)[C@H]1CC3OC(C)=O. The summed E-state index contributed by atoms with van der Waals surface area (Å²) in [7, 11) is 0. The summed E-state index contributed by atoms with van der Waals surface area (Å²) >= 11 is 0. The minimum atomic E-state index is -0.155. The Bertz CT molecular complexity index is 911. The van der Waals surface area contributed by atoms with Gasteiger partial charge in [0.25, 0.3) is 0 Å². The van der Waals surface area contributed by atoms with Crippen LogP contribution in [-0.4, -0.2) is 24.6 Å². The number of esters is 2. The van der Waals surface area contributed by atoms with Crippen molar-refractivity contribution in [2.75, 3.05) is 6.61 Å². The van der Waals surface area contributed by atoms with E-state index in [4.69, 9.17) is 9.47 Å². The Hall–Kier alpha value is -1.32. The highest BCUT2D eigenvalue weighted by Gasteiger charge is 2.68. The fourth-order valence-electron chi connectivity index (χ4n) is 10.5. The van der Waals surface area contributed by atoms with E-state index in [9.17, 15) is 9.59 Å². The molecule has 0 aromatic carbocycles. The third-order valence-corrected chi connectivity index (χ3v) is 12.6. The summed E-state index contributed by atoms with van der Waals surface area (Å²) in [5.41, 5.74) is 1.57. The van der Waals surface area contributed by atoms with Gasteiger partial charge in [-0.15, -0.1) is 0 Å². The number of carbonyl (C=O) groups excluding carboxylic acids is 2. The summed E-state index contributed by atoms with van der Waals surface area (Å²) in [5.74, 6) is 1.36. The molecule has 4 aliphatic rings. The van der Waals surface area contributed by atoms with Crippen LogP contribution in [0.1, 0.15) is 169 Å². The Labute approximate surface area is 258 Å². The zero-order chi connectivity index (χ0) is 30.2. The second-order valence-corrected chi connectivity index (χ2v) is 15.7. The molecule has 4 heteroatoms. The number of carbonyl (C=O) groups is 2. The third kappa shape index (κ3) is 7.66. The standard InChI is InChI=1S/C38H64O4/c1-6-7-8-9-10-11-12-13-14-15-16-17-18-20-35(40)41-28-36(4)23-19-24-37(5)32-22-21-31-27-38(32,26-29(31)2)34(25-33(36)37)42-30(3)39/h31-34H,2,6-28H2,1,3-5H3/t31-,32+,33-,34?,36+,37+,38+/m1/s1. The summed E-state index contributed by atoms with van der Waals surface area (Å²) < 4.78 is 12.2. The molecule has 0 aliphatic heterocycles. The van der Waals surface area contributed by atoms with Gasteiger partial charge >= 0.3 is 11.9 Å². The van der Waals surface area contributed by atoms with Crippen LogP contribution in [-0.2, 0) is 19.1 Å². The van der Waals surface area contributed by atoms with Crippen LogP contribution in [0.4, 0.5) is 0 Å². The van der Waals surface area contributed by atoms with Gasteiger partial charge in [0, 0.05) is 24.2 Å². The fraction of sp³-hybridized carbons (Fsp3) is 0.895. The average molecular weight is 585 g/mol. The van der Waals surface area contributed by atoms with Crippen molar-refractivity contribution in [1.82, 2.24) is 0 Å². The van der Waals surface area contributed by atoms with Crippen molar-refractivity contribution in [1.29, 1.82) is 0 Å². The fourth-order valence-corrected chi connectivity index (χ4v) is 10.5. The molecule has 4 fully saturated rings. The number of fused-ring (bicyclic) bond motifs is 3. The largest absolute Gasteiger partial charge is 0.465 e. The van der Waals surface area contributed by atoms with Gasteiger partial charge in [-0.3, -0.25) is 9.59 Å². The minimum Gasteiger partial charge on any atom is -0.465 e. The zero-order valence-corrected chi connectivity index (χ0v) is 27.9. The van der Waals surface area contributed by atoms with Gasteiger partial charge in [0.05, 0.1) is 6.61 Å². The highest BCUT2D eigenvalue weighted by molar-refractivity contribution is 5.69. The minimum absolute atomic E-state index is 0.0250. The van der Waals surface area contributed by atoms with Crippen LogP contribution in [0.25, 0.3) is 0 Å². The molecule has 2 bridgehead atoms. The van der Waals surface area contributed by atoms with Crippen LogP contribution < -0.4 is 0 Å². The van der Waals surface area contributed by atoms with E-state index in [0.29, 0.717) is 30.8 Å². The van der Waals surface area contributed by atoms with E-state index in [2.05, 4.69) is 27.4 Å². The molecule has 1 unspecified atom stereocenters. The van der Waals surface area contributed by atoms with Crippen LogP contribution in [0.3, 0.4) is 0 Å². The van der Waals surface area contributed by atoms with E-state index in [1.807, 2.05) is 0 Å². The summed E-state index contributed by atoms with van der Waals surface area (Å²) in [4.78, 5) is 25.2. The van der Waals surface area contributed by atoms with Crippen molar-refractivity contribution in [2.24, 2.45) is 34.0 Å². The van der Waals surface area contributed by atoms with Crippen LogP contribution >= 0.6 is 0 Å². The van der Waals surface area contributed by atoms with E-state index in [1.54, 1.807) is 6.92 Å². The smallest absolute Gasteiger partial charge is 0.305 e. The second kappa shape index (κ2) is 15.1. The second-order valence-electron chi connectivity index (χ2n) is 15.7. The Balaban J connectivity index is 1.21. The molecule has 4 saturated carbocycles. The maximum atomic E-state index is 12.8. The van der Waals surface area contributed by atoms with Gasteiger partial charge in [0.15, 0.2) is 0 Å². The number of ether oxygens (including phenoxy) is 2. The van der Waals surface area contributed by atoms with E-state index in [1.165, 1.54) is 102 Å². The molecule has 42 heavy (non-hydrogen) atoms. The van der Waals surface area contributed by atoms with Crippen molar-refractivity contribution < 1.29 is 19.1 Å². The Morgan fingerprint density at radius 3 is 2.10 bits per heavy atom. The number of hydrogen-bond donors (Lipinski definition) is 0. The van der Waals surface area contributed by atoms with Crippen molar-refractivity contribution in [3.8, 4) is 0 Å². The molecular weight excluding hydrogens is 520 g/mol. The number of rotatable bonds is 17. The van der Waals surface area contributed by atoms with Gasteiger partial charge in [0.1, 0.15) is 6.10 Å². The maximum Gasteiger partial charge on any atom is 0.305 e. The first-order valence-corrected chi connectivity index (χ1v) is 18.1. The number of unbranched alkanes of at least 4 members (excludes halogenated alkanes) is 12. The predicted octanol–water partition coefficient (Wildman–Crippen LogP) is 10.5. The van der Waals surface area contributed by atoms with Crippen LogP contribution in [0, 0.1) is 34.0 Å². The maximum absolute atomic E-state index is 12.8. The third-order valence-electron chi connectivity index (χ3n) is 12.6. The molecule has 4 aliphatic carbocycles. The summed E-state index contributed by atoms with van der Waals surface area (Å²) in [5, 5.41) is 0. The Kier molecular flexibility index (Phi) is 12.1.